The Morgan fingerprint density at radius 2 is 2.00 bits per heavy atom. The van der Waals surface area contributed by atoms with Crippen LogP contribution in [0.15, 0.2) is 65.6 Å². The van der Waals surface area contributed by atoms with E-state index in [9.17, 15) is 9.59 Å². The SMILES string of the molecule is COC(=O)C1=C(C)N(Cc2cccnc2)C(=O)/C1=C\c1ccc(Cl)cc1. The highest BCUT2D eigenvalue weighted by molar-refractivity contribution is 6.30. The molecular formula is C20H17ClN2O3. The fraction of sp³-hybridized carbons (Fsp3) is 0.150. The van der Waals surface area contributed by atoms with Crippen LogP contribution in [0.3, 0.4) is 0 Å². The van der Waals surface area contributed by atoms with Crippen molar-refractivity contribution >= 4 is 29.6 Å². The van der Waals surface area contributed by atoms with Crippen LogP contribution < -0.4 is 0 Å². The zero-order valence-corrected chi connectivity index (χ0v) is 15.2. The Bertz CT molecular complexity index is 902. The Morgan fingerprint density at radius 1 is 1.27 bits per heavy atom. The van der Waals surface area contributed by atoms with Crippen molar-refractivity contribution in [1.29, 1.82) is 0 Å². The largest absolute Gasteiger partial charge is 0.465 e. The fourth-order valence-corrected chi connectivity index (χ4v) is 2.94. The molecule has 132 valence electrons. The van der Waals surface area contributed by atoms with E-state index in [2.05, 4.69) is 4.98 Å². The first-order chi connectivity index (χ1) is 12.5. The van der Waals surface area contributed by atoms with E-state index in [1.165, 1.54) is 7.11 Å². The lowest BCUT2D eigenvalue weighted by molar-refractivity contribution is -0.136. The van der Waals surface area contributed by atoms with Gasteiger partial charge >= 0.3 is 5.97 Å². The zero-order chi connectivity index (χ0) is 18.7. The molecule has 3 rings (SSSR count). The van der Waals surface area contributed by atoms with Crippen molar-refractivity contribution in [3.8, 4) is 0 Å². The number of halogens is 1. The number of nitrogens with zero attached hydrogens (tertiary/aromatic N) is 2. The molecule has 0 saturated carbocycles. The summed E-state index contributed by atoms with van der Waals surface area (Å²) in [6, 6.07) is 10.7. The number of aromatic nitrogens is 1. The Morgan fingerprint density at radius 3 is 2.62 bits per heavy atom. The van der Waals surface area contributed by atoms with Gasteiger partial charge in [-0.1, -0.05) is 29.8 Å². The molecule has 6 heteroatoms. The second-order valence-corrected chi connectivity index (χ2v) is 6.25. The van der Waals surface area contributed by atoms with E-state index in [0.717, 1.165) is 11.1 Å². The molecule has 0 unspecified atom stereocenters. The first kappa shape index (κ1) is 17.9. The van der Waals surface area contributed by atoms with Gasteiger partial charge in [-0.25, -0.2) is 4.79 Å². The van der Waals surface area contributed by atoms with Gasteiger partial charge in [-0.15, -0.1) is 0 Å². The maximum atomic E-state index is 13.0. The van der Waals surface area contributed by atoms with E-state index in [0.29, 0.717) is 22.8 Å². The summed E-state index contributed by atoms with van der Waals surface area (Å²) >= 11 is 5.91. The maximum absolute atomic E-state index is 13.0. The monoisotopic (exact) mass is 368 g/mol. The van der Waals surface area contributed by atoms with Crippen LogP contribution in [0.5, 0.6) is 0 Å². The third-order valence-electron chi connectivity index (χ3n) is 4.15. The zero-order valence-electron chi connectivity index (χ0n) is 14.4. The molecule has 5 nitrogen and oxygen atoms in total. The van der Waals surface area contributed by atoms with Crippen molar-refractivity contribution < 1.29 is 14.3 Å². The summed E-state index contributed by atoms with van der Waals surface area (Å²) in [4.78, 5) is 30.9. The van der Waals surface area contributed by atoms with Crippen LogP contribution in [-0.4, -0.2) is 28.9 Å². The number of esters is 1. The molecule has 0 N–H and O–H groups in total. The lowest BCUT2D eigenvalue weighted by Gasteiger charge is -2.17. The van der Waals surface area contributed by atoms with Crippen molar-refractivity contribution in [2.75, 3.05) is 7.11 Å². The lowest BCUT2D eigenvalue weighted by Crippen LogP contribution is -2.24. The van der Waals surface area contributed by atoms with Gasteiger partial charge in [0, 0.05) is 23.1 Å². The quantitative estimate of drug-likeness (QED) is 0.611. The van der Waals surface area contributed by atoms with Gasteiger partial charge in [0.15, 0.2) is 0 Å². The second-order valence-electron chi connectivity index (χ2n) is 5.81. The first-order valence-corrected chi connectivity index (χ1v) is 8.36. The number of hydrogen-bond donors (Lipinski definition) is 0. The van der Waals surface area contributed by atoms with Gasteiger partial charge in [-0.05, 0) is 42.3 Å². The lowest BCUT2D eigenvalue weighted by atomic mass is 10.0. The molecule has 0 aliphatic carbocycles. The Balaban J connectivity index is 2.02. The molecule has 0 fully saturated rings. The summed E-state index contributed by atoms with van der Waals surface area (Å²) < 4.78 is 4.89. The molecule has 1 aromatic heterocycles. The van der Waals surface area contributed by atoms with Gasteiger partial charge in [-0.3, -0.25) is 9.78 Å². The van der Waals surface area contributed by atoms with E-state index in [4.69, 9.17) is 16.3 Å². The molecule has 1 aromatic carbocycles. The number of carbonyl (C=O) groups is 2. The summed E-state index contributed by atoms with van der Waals surface area (Å²) in [6.45, 7) is 2.07. The number of allylic oxidation sites excluding steroid dienone is 1. The van der Waals surface area contributed by atoms with Crippen LogP contribution in [0.1, 0.15) is 18.1 Å². The van der Waals surface area contributed by atoms with Crippen molar-refractivity contribution in [3.05, 3.63) is 81.8 Å². The summed E-state index contributed by atoms with van der Waals surface area (Å²) in [7, 11) is 1.30. The molecule has 1 amide bonds. The highest BCUT2D eigenvalue weighted by atomic mass is 35.5. The minimum Gasteiger partial charge on any atom is -0.465 e. The summed E-state index contributed by atoms with van der Waals surface area (Å²) in [5.74, 6) is -0.786. The predicted molar refractivity (Wildman–Crippen MR) is 98.9 cm³/mol. The van der Waals surface area contributed by atoms with Crippen molar-refractivity contribution in [3.63, 3.8) is 0 Å². The number of amides is 1. The van der Waals surface area contributed by atoms with Gasteiger partial charge in [0.05, 0.1) is 24.8 Å². The summed E-state index contributed by atoms with van der Waals surface area (Å²) in [5, 5.41) is 0.600. The average molecular weight is 369 g/mol. The molecule has 1 aliphatic rings. The van der Waals surface area contributed by atoms with Gasteiger partial charge in [0.2, 0.25) is 0 Å². The number of rotatable bonds is 4. The highest BCUT2D eigenvalue weighted by Crippen LogP contribution is 2.32. The van der Waals surface area contributed by atoms with E-state index < -0.39 is 5.97 Å². The van der Waals surface area contributed by atoms with Crippen molar-refractivity contribution in [1.82, 2.24) is 9.88 Å². The number of ether oxygens (including phenoxy) is 1. The van der Waals surface area contributed by atoms with E-state index >= 15 is 0 Å². The van der Waals surface area contributed by atoms with E-state index in [1.54, 1.807) is 60.6 Å². The topological polar surface area (TPSA) is 59.5 Å². The normalized spacial score (nSPS) is 15.7. The molecule has 0 spiro atoms. The minimum absolute atomic E-state index is 0.248. The highest BCUT2D eigenvalue weighted by Gasteiger charge is 2.36. The standard InChI is InChI=1S/C20H17ClN2O3/c1-13-18(20(25)26-2)17(10-14-5-7-16(21)8-6-14)19(24)23(13)12-15-4-3-9-22-11-15/h3-11H,12H2,1-2H3/b17-10-. The Kier molecular flexibility index (Phi) is 5.19. The Labute approximate surface area is 156 Å². The van der Waals surface area contributed by atoms with Crippen LogP contribution >= 0.6 is 11.6 Å². The third kappa shape index (κ3) is 3.53. The van der Waals surface area contributed by atoms with Crippen molar-refractivity contribution in [2.45, 2.75) is 13.5 Å². The molecule has 0 bridgehead atoms. The fourth-order valence-electron chi connectivity index (χ4n) is 2.82. The van der Waals surface area contributed by atoms with Gasteiger partial charge in [0.25, 0.3) is 5.91 Å². The molecular weight excluding hydrogens is 352 g/mol. The molecule has 1 aliphatic heterocycles. The molecule has 2 heterocycles. The number of benzene rings is 1. The number of carbonyl (C=O) groups excluding carboxylic acids is 2. The number of methoxy groups -OCH3 is 1. The van der Waals surface area contributed by atoms with Crippen LogP contribution in [-0.2, 0) is 20.9 Å². The smallest absolute Gasteiger partial charge is 0.340 e. The average Bonchev–Trinajstić information content (AvgIpc) is 2.88. The molecule has 2 aromatic rings. The van der Waals surface area contributed by atoms with Crippen LogP contribution in [0.2, 0.25) is 5.02 Å². The first-order valence-electron chi connectivity index (χ1n) is 7.99. The summed E-state index contributed by atoms with van der Waals surface area (Å²) in [6.07, 6.45) is 5.04. The number of pyridine rings is 1. The van der Waals surface area contributed by atoms with Crippen molar-refractivity contribution in [2.24, 2.45) is 0 Å². The van der Waals surface area contributed by atoms with Gasteiger partial charge in [-0.2, -0.15) is 0 Å². The minimum atomic E-state index is -0.537. The Hall–Kier alpha value is -2.92. The van der Waals surface area contributed by atoms with Crippen LogP contribution in [0.4, 0.5) is 0 Å². The van der Waals surface area contributed by atoms with Gasteiger partial charge < -0.3 is 9.64 Å². The van der Waals surface area contributed by atoms with E-state index in [1.807, 2.05) is 6.07 Å². The molecule has 0 radical (unpaired) electrons. The molecule has 0 saturated heterocycles. The maximum Gasteiger partial charge on any atom is 0.340 e. The second kappa shape index (κ2) is 7.54. The third-order valence-corrected chi connectivity index (χ3v) is 4.40. The summed E-state index contributed by atoms with van der Waals surface area (Å²) in [5.41, 5.74) is 2.79. The molecule has 26 heavy (non-hydrogen) atoms. The van der Waals surface area contributed by atoms with Crippen LogP contribution in [0, 0.1) is 0 Å². The van der Waals surface area contributed by atoms with Crippen LogP contribution in [0.25, 0.3) is 6.08 Å². The predicted octanol–water partition coefficient (Wildman–Crippen LogP) is 3.61. The van der Waals surface area contributed by atoms with Gasteiger partial charge in [0.1, 0.15) is 0 Å². The number of hydrogen-bond acceptors (Lipinski definition) is 4. The molecule has 0 atom stereocenters. The van der Waals surface area contributed by atoms with E-state index in [-0.39, 0.29) is 11.5 Å².